The van der Waals surface area contributed by atoms with Gasteiger partial charge in [-0.3, -0.25) is 4.79 Å². The van der Waals surface area contributed by atoms with Crippen LogP contribution >= 0.6 is 0 Å². The zero-order chi connectivity index (χ0) is 19.5. The van der Waals surface area contributed by atoms with Crippen molar-refractivity contribution in [3.63, 3.8) is 0 Å². The number of carbonyl (C=O) groups excluding carboxylic acids is 1. The Morgan fingerprint density at radius 1 is 1.30 bits per heavy atom. The van der Waals surface area contributed by atoms with E-state index in [9.17, 15) is 13.2 Å². The topological polar surface area (TPSA) is 102 Å². The van der Waals surface area contributed by atoms with Crippen LogP contribution in [0.5, 0.6) is 0 Å². The number of rotatable bonds is 5. The van der Waals surface area contributed by atoms with Crippen molar-refractivity contribution in [1.82, 2.24) is 9.62 Å². The maximum absolute atomic E-state index is 12.9. The molecule has 7 nitrogen and oxygen atoms in total. The number of hydrogen-bond donors (Lipinski definition) is 2. The van der Waals surface area contributed by atoms with Crippen molar-refractivity contribution in [2.45, 2.75) is 43.0 Å². The Balaban J connectivity index is 1.58. The molecule has 2 aliphatic heterocycles. The third-order valence-corrected chi connectivity index (χ3v) is 6.95. The predicted octanol–water partition coefficient (Wildman–Crippen LogP) is 1.02. The highest BCUT2D eigenvalue weighted by Crippen LogP contribution is 2.24. The van der Waals surface area contributed by atoms with Crippen LogP contribution in [-0.2, 0) is 19.6 Å². The molecule has 1 atom stereocenters. The fourth-order valence-electron chi connectivity index (χ4n) is 3.71. The lowest BCUT2D eigenvalue weighted by Crippen LogP contribution is -2.59. The van der Waals surface area contributed by atoms with E-state index < -0.39 is 15.6 Å². The first-order valence-corrected chi connectivity index (χ1v) is 11.0. The van der Waals surface area contributed by atoms with Gasteiger partial charge in [0.1, 0.15) is 0 Å². The number of nitrogens with one attached hydrogen (secondary N) is 1. The van der Waals surface area contributed by atoms with Gasteiger partial charge in [-0.25, -0.2) is 13.1 Å². The summed E-state index contributed by atoms with van der Waals surface area (Å²) in [7, 11) is -3.54. The molecule has 1 aromatic rings. The molecule has 1 unspecified atom stereocenters. The van der Waals surface area contributed by atoms with Gasteiger partial charge in [-0.2, -0.15) is 0 Å². The second-order valence-corrected chi connectivity index (χ2v) is 9.46. The lowest BCUT2D eigenvalue weighted by Gasteiger charge is -2.40. The first kappa shape index (κ1) is 20.3. The van der Waals surface area contributed by atoms with Crippen molar-refractivity contribution in [3.05, 3.63) is 29.8 Å². The van der Waals surface area contributed by atoms with Gasteiger partial charge in [0.2, 0.25) is 15.9 Å². The standard InChI is InChI=1S/C19H29N3O4S/c1-15-4-6-17(7-5-15)27(24,25)21-13-16-3-2-10-22(14-16)18(23)19(20)8-11-26-12-9-19/h4-7,16,21H,2-3,8-14,20H2,1H3. The van der Waals surface area contributed by atoms with E-state index in [-0.39, 0.29) is 16.7 Å². The fraction of sp³-hybridized carbons (Fsp3) is 0.632. The largest absolute Gasteiger partial charge is 0.381 e. The third kappa shape index (κ3) is 4.87. The summed E-state index contributed by atoms with van der Waals surface area (Å²) in [6.45, 7) is 4.47. The summed E-state index contributed by atoms with van der Waals surface area (Å²) in [6.07, 6.45) is 2.82. The summed E-state index contributed by atoms with van der Waals surface area (Å²) in [6, 6.07) is 6.78. The average molecular weight is 396 g/mol. The minimum Gasteiger partial charge on any atom is -0.381 e. The van der Waals surface area contributed by atoms with Crippen LogP contribution in [0, 0.1) is 12.8 Å². The highest BCUT2D eigenvalue weighted by atomic mass is 32.2. The Hall–Kier alpha value is -1.48. The number of benzene rings is 1. The van der Waals surface area contributed by atoms with Crippen molar-refractivity contribution in [3.8, 4) is 0 Å². The number of amides is 1. The van der Waals surface area contributed by atoms with Gasteiger partial charge in [0.05, 0.1) is 10.4 Å². The Labute approximate surface area is 161 Å². The lowest BCUT2D eigenvalue weighted by molar-refractivity contribution is -0.142. The SMILES string of the molecule is Cc1ccc(S(=O)(=O)NCC2CCCN(C(=O)C3(N)CCOCC3)C2)cc1. The summed E-state index contributed by atoms with van der Waals surface area (Å²) in [5, 5.41) is 0. The fourth-order valence-corrected chi connectivity index (χ4v) is 4.83. The van der Waals surface area contributed by atoms with Crippen LogP contribution in [0.3, 0.4) is 0 Å². The molecule has 8 heteroatoms. The number of nitrogens with zero attached hydrogens (tertiary/aromatic N) is 1. The molecule has 0 radical (unpaired) electrons. The maximum Gasteiger partial charge on any atom is 0.242 e. The minimum absolute atomic E-state index is 0.0307. The van der Waals surface area contributed by atoms with Crippen LogP contribution < -0.4 is 10.5 Å². The maximum atomic E-state index is 12.9. The highest BCUT2D eigenvalue weighted by molar-refractivity contribution is 7.89. The van der Waals surface area contributed by atoms with Crippen molar-refractivity contribution in [2.24, 2.45) is 11.7 Å². The zero-order valence-electron chi connectivity index (χ0n) is 15.8. The van der Waals surface area contributed by atoms with Crippen LogP contribution in [-0.4, -0.2) is 57.6 Å². The molecule has 0 aromatic heterocycles. The summed E-state index contributed by atoms with van der Waals surface area (Å²) >= 11 is 0. The number of sulfonamides is 1. The van der Waals surface area contributed by atoms with E-state index in [0.29, 0.717) is 45.7 Å². The number of piperidine rings is 1. The number of carbonyl (C=O) groups is 1. The normalized spacial score (nSPS) is 23.2. The van der Waals surface area contributed by atoms with Crippen LogP contribution in [0.25, 0.3) is 0 Å². The van der Waals surface area contributed by atoms with Gasteiger partial charge < -0.3 is 15.4 Å². The third-order valence-electron chi connectivity index (χ3n) is 5.51. The number of nitrogens with two attached hydrogens (primary N) is 1. The van der Waals surface area contributed by atoms with E-state index in [2.05, 4.69) is 4.72 Å². The Kier molecular flexibility index (Phi) is 6.20. The first-order chi connectivity index (χ1) is 12.8. The van der Waals surface area contributed by atoms with E-state index in [0.717, 1.165) is 18.4 Å². The summed E-state index contributed by atoms with van der Waals surface area (Å²) < 4.78 is 33.0. The molecular weight excluding hydrogens is 366 g/mol. The smallest absolute Gasteiger partial charge is 0.242 e. The van der Waals surface area contributed by atoms with E-state index >= 15 is 0 Å². The van der Waals surface area contributed by atoms with Gasteiger partial charge in [-0.1, -0.05) is 17.7 Å². The van der Waals surface area contributed by atoms with Crippen LogP contribution in [0.4, 0.5) is 0 Å². The van der Waals surface area contributed by atoms with Crippen molar-refractivity contribution in [2.75, 3.05) is 32.8 Å². The molecule has 2 aliphatic rings. The molecule has 0 spiro atoms. The van der Waals surface area contributed by atoms with E-state index in [1.165, 1.54) is 0 Å². The monoisotopic (exact) mass is 395 g/mol. The molecule has 2 saturated heterocycles. The minimum atomic E-state index is -3.54. The van der Waals surface area contributed by atoms with Gasteiger partial charge in [-0.05, 0) is 50.7 Å². The molecular formula is C19H29N3O4S. The Morgan fingerprint density at radius 2 is 1.96 bits per heavy atom. The van der Waals surface area contributed by atoms with Crippen molar-refractivity contribution in [1.29, 1.82) is 0 Å². The van der Waals surface area contributed by atoms with Gasteiger partial charge in [0, 0.05) is 32.8 Å². The molecule has 3 rings (SSSR count). The lowest BCUT2D eigenvalue weighted by atomic mass is 9.88. The highest BCUT2D eigenvalue weighted by Gasteiger charge is 2.40. The number of ether oxygens (including phenoxy) is 1. The number of hydrogen-bond acceptors (Lipinski definition) is 5. The summed E-state index contributed by atoms with van der Waals surface area (Å²) in [5.74, 6) is 0.0586. The number of aryl methyl sites for hydroxylation is 1. The van der Waals surface area contributed by atoms with Crippen LogP contribution in [0.2, 0.25) is 0 Å². The Morgan fingerprint density at radius 3 is 2.63 bits per heavy atom. The van der Waals surface area contributed by atoms with Crippen molar-refractivity contribution < 1.29 is 17.9 Å². The second-order valence-electron chi connectivity index (χ2n) is 7.69. The molecule has 1 aromatic carbocycles. The first-order valence-electron chi connectivity index (χ1n) is 9.52. The second kappa shape index (κ2) is 8.26. The molecule has 3 N–H and O–H groups in total. The Bertz CT molecular complexity index is 758. The van der Waals surface area contributed by atoms with E-state index in [1.54, 1.807) is 29.2 Å². The van der Waals surface area contributed by atoms with Crippen LogP contribution in [0.15, 0.2) is 29.2 Å². The number of likely N-dealkylation sites (tertiary alicyclic amines) is 1. The average Bonchev–Trinajstić information content (AvgIpc) is 2.67. The van der Waals surface area contributed by atoms with Gasteiger partial charge in [0.25, 0.3) is 0 Å². The molecule has 1 amide bonds. The van der Waals surface area contributed by atoms with Gasteiger partial charge in [0.15, 0.2) is 0 Å². The zero-order valence-corrected chi connectivity index (χ0v) is 16.6. The summed E-state index contributed by atoms with van der Waals surface area (Å²) in [5.41, 5.74) is 6.50. The summed E-state index contributed by atoms with van der Waals surface area (Å²) in [4.78, 5) is 15.0. The van der Waals surface area contributed by atoms with E-state index in [1.807, 2.05) is 6.92 Å². The van der Waals surface area contributed by atoms with Gasteiger partial charge in [-0.15, -0.1) is 0 Å². The molecule has 0 bridgehead atoms. The van der Waals surface area contributed by atoms with Crippen LogP contribution in [0.1, 0.15) is 31.2 Å². The van der Waals surface area contributed by atoms with Gasteiger partial charge >= 0.3 is 0 Å². The molecule has 150 valence electrons. The van der Waals surface area contributed by atoms with Crippen molar-refractivity contribution >= 4 is 15.9 Å². The molecule has 2 heterocycles. The predicted molar refractivity (Wildman–Crippen MR) is 103 cm³/mol. The molecule has 0 saturated carbocycles. The molecule has 0 aliphatic carbocycles. The quantitative estimate of drug-likeness (QED) is 0.775. The molecule has 2 fully saturated rings. The molecule has 27 heavy (non-hydrogen) atoms. The van der Waals surface area contributed by atoms with E-state index in [4.69, 9.17) is 10.5 Å².